The van der Waals surface area contributed by atoms with Crippen molar-refractivity contribution >= 4 is 17.3 Å². The summed E-state index contributed by atoms with van der Waals surface area (Å²) < 4.78 is 5.62. The van der Waals surface area contributed by atoms with Gasteiger partial charge in [-0.1, -0.05) is 26.0 Å². The van der Waals surface area contributed by atoms with Crippen molar-refractivity contribution in [2.24, 2.45) is 5.92 Å². The molecule has 2 aromatic rings. The molecule has 0 atom stereocenters. The molecule has 0 saturated heterocycles. The predicted molar refractivity (Wildman–Crippen MR) is 94.6 cm³/mol. The lowest BCUT2D eigenvalue weighted by atomic mass is 10.1. The molecule has 4 heteroatoms. The third kappa shape index (κ3) is 6.02. The van der Waals surface area contributed by atoms with Crippen molar-refractivity contribution < 1.29 is 9.53 Å². The first-order valence-electron chi connectivity index (χ1n) is 7.90. The van der Waals surface area contributed by atoms with Gasteiger partial charge in [-0.15, -0.1) is 0 Å². The van der Waals surface area contributed by atoms with Crippen LogP contribution in [0.1, 0.15) is 25.8 Å². The fraction of sp³-hybridized carbons (Fsp3) is 0.316. The first-order chi connectivity index (χ1) is 11.0. The summed E-state index contributed by atoms with van der Waals surface area (Å²) >= 11 is 0. The van der Waals surface area contributed by atoms with Crippen molar-refractivity contribution in [2.45, 2.75) is 26.7 Å². The predicted octanol–water partition coefficient (Wildman–Crippen LogP) is 3.87. The highest BCUT2D eigenvalue weighted by atomic mass is 16.5. The number of carbonyl (C=O) groups excluding carboxylic acids is 1. The average Bonchev–Trinajstić information content (AvgIpc) is 2.53. The molecular weight excluding hydrogens is 288 g/mol. The third-order valence-corrected chi connectivity index (χ3v) is 3.34. The largest absolute Gasteiger partial charge is 0.493 e. The number of aryl methyl sites for hydroxylation is 1. The molecule has 0 heterocycles. The van der Waals surface area contributed by atoms with Crippen LogP contribution in [0.4, 0.5) is 11.4 Å². The smallest absolute Gasteiger partial charge is 0.224 e. The topological polar surface area (TPSA) is 64.3 Å². The number of benzene rings is 2. The highest BCUT2D eigenvalue weighted by molar-refractivity contribution is 5.90. The zero-order valence-corrected chi connectivity index (χ0v) is 13.7. The molecule has 3 N–H and O–H groups in total. The molecule has 0 aliphatic rings. The molecule has 0 radical (unpaired) electrons. The van der Waals surface area contributed by atoms with Gasteiger partial charge in [0.2, 0.25) is 5.91 Å². The van der Waals surface area contributed by atoms with E-state index in [1.807, 2.05) is 48.5 Å². The van der Waals surface area contributed by atoms with E-state index in [1.165, 1.54) is 0 Å². The summed E-state index contributed by atoms with van der Waals surface area (Å²) in [5.41, 5.74) is 8.26. The number of anilines is 2. The molecule has 23 heavy (non-hydrogen) atoms. The number of nitrogens with two attached hydrogens (primary N) is 1. The number of nitrogen functional groups attached to an aromatic ring is 1. The van der Waals surface area contributed by atoms with E-state index in [0.29, 0.717) is 25.4 Å². The van der Waals surface area contributed by atoms with Crippen molar-refractivity contribution in [3.8, 4) is 5.75 Å². The minimum absolute atomic E-state index is 0.00215. The first kappa shape index (κ1) is 16.9. The summed E-state index contributed by atoms with van der Waals surface area (Å²) in [5.74, 6) is 1.30. The molecular formula is C19H24N2O2. The van der Waals surface area contributed by atoms with Gasteiger partial charge in [-0.3, -0.25) is 4.79 Å². The monoisotopic (exact) mass is 312 g/mol. The Morgan fingerprint density at radius 3 is 2.35 bits per heavy atom. The van der Waals surface area contributed by atoms with Gasteiger partial charge in [0, 0.05) is 17.8 Å². The number of nitrogens with one attached hydrogen (secondary N) is 1. The highest BCUT2D eigenvalue weighted by Crippen LogP contribution is 2.17. The third-order valence-electron chi connectivity index (χ3n) is 3.34. The van der Waals surface area contributed by atoms with Crippen LogP contribution in [0.5, 0.6) is 5.75 Å². The van der Waals surface area contributed by atoms with Crippen molar-refractivity contribution in [3.63, 3.8) is 0 Å². The Bertz CT molecular complexity index is 619. The molecule has 0 saturated carbocycles. The Hall–Kier alpha value is -2.49. The Labute approximate surface area is 137 Å². The Morgan fingerprint density at radius 2 is 1.74 bits per heavy atom. The number of hydrogen-bond acceptors (Lipinski definition) is 3. The lowest BCUT2D eigenvalue weighted by Crippen LogP contribution is -2.12. The van der Waals surface area contributed by atoms with E-state index < -0.39 is 0 Å². The van der Waals surface area contributed by atoms with Gasteiger partial charge in [0.05, 0.1) is 6.61 Å². The van der Waals surface area contributed by atoms with Crippen LogP contribution in [0.25, 0.3) is 0 Å². The van der Waals surface area contributed by atoms with Crippen LogP contribution in [0.15, 0.2) is 48.5 Å². The number of rotatable bonds is 7. The van der Waals surface area contributed by atoms with E-state index in [1.54, 1.807) is 0 Å². The zero-order valence-electron chi connectivity index (χ0n) is 13.7. The second-order valence-electron chi connectivity index (χ2n) is 6.02. The van der Waals surface area contributed by atoms with E-state index in [-0.39, 0.29) is 5.91 Å². The van der Waals surface area contributed by atoms with Gasteiger partial charge >= 0.3 is 0 Å². The van der Waals surface area contributed by atoms with Crippen LogP contribution in [-0.2, 0) is 11.2 Å². The SMILES string of the molecule is CC(C)COc1ccc(NC(=O)CCc2ccc(N)cc2)cc1. The minimum atomic E-state index is -0.00215. The summed E-state index contributed by atoms with van der Waals surface area (Å²) in [6.45, 7) is 4.90. The summed E-state index contributed by atoms with van der Waals surface area (Å²) in [5, 5.41) is 2.90. The molecule has 0 unspecified atom stereocenters. The van der Waals surface area contributed by atoms with Gasteiger partial charge in [-0.25, -0.2) is 0 Å². The molecule has 0 fully saturated rings. The Morgan fingerprint density at radius 1 is 1.09 bits per heavy atom. The number of hydrogen-bond donors (Lipinski definition) is 2. The van der Waals surface area contributed by atoms with Gasteiger partial charge in [0.25, 0.3) is 0 Å². The Balaban J connectivity index is 1.79. The lowest BCUT2D eigenvalue weighted by molar-refractivity contribution is -0.116. The summed E-state index contributed by atoms with van der Waals surface area (Å²) in [7, 11) is 0. The van der Waals surface area contributed by atoms with Crippen LogP contribution in [0, 0.1) is 5.92 Å². The molecule has 0 spiro atoms. The second-order valence-corrected chi connectivity index (χ2v) is 6.02. The molecule has 1 amide bonds. The van der Waals surface area contributed by atoms with E-state index in [0.717, 1.165) is 22.7 Å². The van der Waals surface area contributed by atoms with Gasteiger partial charge in [0.1, 0.15) is 5.75 Å². The zero-order chi connectivity index (χ0) is 16.7. The standard InChI is InChI=1S/C19H24N2O2/c1-14(2)13-23-18-10-8-17(9-11-18)21-19(22)12-5-15-3-6-16(20)7-4-15/h3-4,6-11,14H,5,12-13,20H2,1-2H3,(H,21,22). The number of carbonyl (C=O) groups is 1. The van der Waals surface area contributed by atoms with Crippen LogP contribution in [0.3, 0.4) is 0 Å². The van der Waals surface area contributed by atoms with E-state index in [2.05, 4.69) is 19.2 Å². The maximum Gasteiger partial charge on any atom is 0.224 e. The highest BCUT2D eigenvalue weighted by Gasteiger charge is 2.04. The van der Waals surface area contributed by atoms with Crippen LogP contribution >= 0.6 is 0 Å². The molecule has 0 aliphatic heterocycles. The Kier molecular flexibility index (Phi) is 6.03. The summed E-state index contributed by atoms with van der Waals surface area (Å²) in [4.78, 5) is 12.0. The second kappa shape index (κ2) is 8.22. The van der Waals surface area contributed by atoms with E-state index >= 15 is 0 Å². The van der Waals surface area contributed by atoms with Crippen molar-refractivity contribution in [3.05, 3.63) is 54.1 Å². The lowest BCUT2D eigenvalue weighted by Gasteiger charge is -2.10. The van der Waals surface area contributed by atoms with E-state index in [4.69, 9.17) is 10.5 Å². The summed E-state index contributed by atoms with van der Waals surface area (Å²) in [6, 6.07) is 15.1. The van der Waals surface area contributed by atoms with Gasteiger partial charge in [-0.05, 0) is 54.3 Å². The van der Waals surface area contributed by atoms with Crippen LogP contribution < -0.4 is 15.8 Å². The maximum atomic E-state index is 12.0. The maximum absolute atomic E-state index is 12.0. The van der Waals surface area contributed by atoms with Crippen LogP contribution in [0.2, 0.25) is 0 Å². The molecule has 2 aromatic carbocycles. The van der Waals surface area contributed by atoms with Crippen LogP contribution in [-0.4, -0.2) is 12.5 Å². The molecule has 0 bridgehead atoms. The minimum Gasteiger partial charge on any atom is -0.493 e. The molecule has 122 valence electrons. The molecule has 0 aromatic heterocycles. The first-order valence-corrected chi connectivity index (χ1v) is 7.90. The molecule has 4 nitrogen and oxygen atoms in total. The fourth-order valence-corrected chi connectivity index (χ4v) is 2.06. The normalized spacial score (nSPS) is 10.6. The van der Waals surface area contributed by atoms with E-state index in [9.17, 15) is 4.79 Å². The van der Waals surface area contributed by atoms with Gasteiger partial charge in [0.15, 0.2) is 0 Å². The average molecular weight is 312 g/mol. The molecule has 2 rings (SSSR count). The number of amides is 1. The fourth-order valence-electron chi connectivity index (χ4n) is 2.06. The van der Waals surface area contributed by atoms with Gasteiger partial charge < -0.3 is 15.8 Å². The number of ether oxygens (including phenoxy) is 1. The van der Waals surface area contributed by atoms with Gasteiger partial charge in [-0.2, -0.15) is 0 Å². The van der Waals surface area contributed by atoms with Crippen molar-refractivity contribution in [1.29, 1.82) is 0 Å². The van der Waals surface area contributed by atoms with Crippen molar-refractivity contribution in [2.75, 3.05) is 17.7 Å². The quantitative estimate of drug-likeness (QED) is 0.763. The summed E-state index contributed by atoms with van der Waals surface area (Å²) in [6.07, 6.45) is 1.14. The van der Waals surface area contributed by atoms with Crippen molar-refractivity contribution in [1.82, 2.24) is 0 Å². The molecule has 0 aliphatic carbocycles.